The van der Waals surface area contributed by atoms with Crippen molar-refractivity contribution in [1.82, 2.24) is 43.6 Å². The predicted molar refractivity (Wildman–Crippen MR) is 612 cm³/mol. The van der Waals surface area contributed by atoms with Crippen LogP contribution >= 0.6 is 0 Å². The van der Waals surface area contributed by atoms with E-state index < -0.39 is 12.1 Å². The van der Waals surface area contributed by atoms with Crippen molar-refractivity contribution in [2.24, 2.45) is 0 Å². The van der Waals surface area contributed by atoms with Crippen LogP contribution in [0, 0.1) is 0 Å². The molecule has 28 rings (SSSR count). The largest absolute Gasteiger partial charge is 0.293 e. The molecule has 688 valence electrons. The van der Waals surface area contributed by atoms with Gasteiger partial charge in [0.25, 0.3) is 0 Å². The Bertz CT molecular complexity index is 10300. The van der Waals surface area contributed by atoms with Crippen molar-refractivity contribution >= 4 is 99.3 Å². The fourth-order valence-corrected chi connectivity index (χ4v) is 20.3. The lowest BCUT2D eigenvalue weighted by atomic mass is 9.91. The maximum Gasteiger partial charge on any atom is 0.165 e. The van der Waals surface area contributed by atoms with Gasteiger partial charge in [-0.25, -0.2) is 29.9 Å². The zero-order valence-electron chi connectivity index (χ0n) is 89.3. The molecule has 0 saturated carbocycles. The van der Waals surface area contributed by atoms with E-state index in [0.29, 0.717) is 11.1 Å². The maximum absolute atomic E-state index is 8.79. The molecule has 22 aromatic carbocycles. The van der Waals surface area contributed by atoms with E-state index in [0.717, 1.165) is 205 Å². The van der Waals surface area contributed by atoms with Crippen molar-refractivity contribution in [3.05, 3.63) is 552 Å². The number of fused-ring (bicyclic) bond motifs is 12. The Labute approximate surface area is 864 Å². The first-order valence-electron chi connectivity index (χ1n) is 54.0. The van der Waals surface area contributed by atoms with Crippen molar-refractivity contribution < 1.29 is 13.7 Å². The highest BCUT2D eigenvalue weighted by molar-refractivity contribution is 6.11. The number of hydrogen-bond acceptors (Lipinski definition) is 6. The highest BCUT2D eigenvalue weighted by atomic mass is 15.1. The van der Waals surface area contributed by atoms with E-state index in [4.69, 9.17) is 43.6 Å². The summed E-state index contributed by atoms with van der Waals surface area (Å²) in [6, 6.07) is 165. The molecule has 6 aromatic heterocycles. The molecule has 0 fully saturated rings. The van der Waals surface area contributed by atoms with Crippen LogP contribution in [0.5, 0.6) is 0 Å². The van der Waals surface area contributed by atoms with E-state index in [1.54, 1.807) is 0 Å². The van der Waals surface area contributed by atoms with Gasteiger partial charge in [-0.3, -0.25) is 13.7 Å². The van der Waals surface area contributed by atoms with Gasteiger partial charge in [0, 0.05) is 33.2 Å². The fraction of sp³-hybridized carbons (Fsp3) is 0. The van der Waals surface area contributed by atoms with Crippen LogP contribution in [0.1, 0.15) is 13.7 Å². The van der Waals surface area contributed by atoms with Crippen molar-refractivity contribution in [3.63, 3.8) is 0 Å². The topological polar surface area (TPSA) is 92.1 Å². The molecule has 9 heteroatoms. The summed E-state index contributed by atoms with van der Waals surface area (Å²) in [4.78, 5) is 31.2. The molecule has 0 N–H and O–H groups in total. The second-order valence-corrected chi connectivity index (χ2v) is 36.5. The molecule has 0 radical (unpaired) electrons. The second-order valence-electron chi connectivity index (χ2n) is 36.5. The standard InChI is InChI=1S/C50H33N3.2C44H29N3/c1-4-14-34(15-5-1)36-18-12-20-38(28-36)41-30-42(39-21-13-19-37(29-39)35-16-6-2-7-17-35)32-43(31-41)40-26-27-46-47(33-40)51-49-45-24-10-11-25-48(45)53(50(49)52-46)44-22-8-3-9-23-44;1-4-13-30(14-5-1)32-17-12-18-33(25-32)36-26-35(31-15-6-2-7-16-31)27-37(28-36)34-23-24-40-41(29-34)45-43-39-21-10-11-22-42(39)47(44(43)46-40)38-19-8-3-9-20-38;1-4-12-30(13-5-1)32-20-22-33(23-21-32)36-26-35(31-14-6-2-7-15-31)27-37(28-36)34-24-25-40-41(29-34)45-43-39-18-10-11-19-42(39)47(44(43)46-40)38-16-8-3-9-17-38/h1-33H;2*1-29H/i;2D,6D,7D,15D,16D;2D,6D,7D,14D,15D. The van der Waals surface area contributed by atoms with Crippen LogP contribution < -0.4 is 0 Å². The molecular formula is C138H91N9. The van der Waals surface area contributed by atoms with Crippen LogP contribution in [0.3, 0.4) is 0 Å². The normalized spacial score (nSPS) is 12.4. The van der Waals surface area contributed by atoms with Gasteiger partial charge in [-0.05, 0) is 308 Å². The third kappa shape index (κ3) is 17.2. The van der Waals surface area contributed by atoms with Crippen LogP contribution in [0.25, 0.3) is 261 Å². The second kappa shape index (κ2) is 38.4. The molecular weight excluding hydrogens is 1780 g/mol. The van der Waals surface area contributed by atoms with Gasteiger partial charge in [-0.1, -0.05) is 388 Å². The van der Waals surface area contributed by atoms with Crippen molar-refractivity contribution in [2.75, 3.05) is 0 Å². The number of aromatic nitrogens is 9. The molecule has 9 nitrogen and oxygen atoms in total. The van der Waals surface area contributed by atoms with Gasteiger partial charge in [-0.15, -0.1) is 0 Å². The molecule has 28 aromatic rings. The average Bonchev–Trinajstić information content (AvgIpc) is 1.59. The Balaban J connectivity index is 0.000000117. The van der Waals surface area contributed by atoms with Gasteiger partial charge in [0.1, 0.15) is 16.6 Å². The Morgan fingerprint density at radius 2 is 0.327 bits per heavy atom. The molecule has 0 saturated heterocycles. The first-order valence-corrected chi connectivity index (χ1v) is 49.0. The minimum Gasteiger partial charge on any atom is -0.293 e. The number of benzene rings is 22. The minimum atomic E-state index is -0.418. The fourth-order valence-electron chi connectivity index (χ4n) is 20.3. The molecule has 147 heavy (non-hydrogen) atoms. The van der Waals surface area contributed by atoms with Crippen LogP contribution in [-0.2, 0) is 0 Å². The van der Waals surface area contributed by atoms with E-state index in [1.807, 2.05) is 176 Å². The summed E-state index contributed by atoms with van der Waals surface area (Å²) >= 11 is 0. The Morgan fingerprint density at radius 3 is 0.605 bits per heavy atom. The predicted octanol–water partition coefficient (Wildman–Crippen LogP) is 35.9. The summed E-state index contributed by atoms with van der Waals surface area (Å²) in [7, 11) is 0. The third-order valence-electron chi connectivity index (χ3n) is 27.4. The molecule has 6 heterocycles. The molecule has 0 atom stereocenters. The molecule has 0 aliphatic rings. The summed E-state index contributed by atoms with van der Waals surface area (Å²) in [5.41, 5.74) is 40.1. The minimum absolute atomic E-state index is 0.157. The SMILES string of the molecule is [2H]c1c([2H])c([2H])c(-c2cc(-c3ccc(-c4ccccc4)cc3)cc(-c3ccc4nc5c(nc4c3)c3ccccc3n5-c3ccccc3)c2)c([2H])c1[2H].[2H]c1c([2H])c([2H])c(-c2cc(-c3cccc(-c4ccccc4)c3)cc(-c3ccc4nc5c(nc4c3)c3ccccc3n5-c3ccccc3)c2)c([2H])c1[2H].c1ccc(-c2cccc(-c3cc(-c4cccc(-c5ccccc5)c4)cc(-c4ccc5nc6c(nc5c4)c4ccccc4n6-c4ccccc4)c3)c2)cc1. The Morgan fingerprint density at radius 1 is 0.136 bits per heavy atom. The highest BCUT2D eigenvalue weighted by Gasteiger charge is 2.23. The van der Waals surface area contributed by atoms with Gasteiger partial charge >= 0.3 is 0 Å². The van der Waals surface area contributed by atoms with Gasteiger partial charge in [0.05, 0.1) is 63.4 Å². The summed E-state index contributed by atoms with van der Waals surface area (Å²) < 4.78 is 91.5. The first-order chi connectivity index (χ1) is 77.0. The van der Waals surface area contributed by atoms with Crippen LogP contribution in [0.15, 0.2) is 552 Å². The summed E-state index contributed by atoms with van der Waals surface area (Å²) in [5, 5.41) is 3.10. The van der Waals surface area contributed by atoms with Crippen molar-refractivity contribution in [2.45, 2.75) is 0 Å². The Kier molecular flexibility index (Phi) is 20.1. The number of rotatable bonds is 16. The van der Waals surface area contributed by atoms with Crippen molar-refractivity contribution in [3.8, 4) is 162 Å². The summed E-state index contributed by atoms with van der Waals surface area (Å²) in [6.45, 7) is 0. The molecule has 0 unspecified atom stereocenters. The average molecular weight is 1890 g/mol. The zero-order chi connectivity index (χ0) is 106. The number of nitrogens with zero attached hydrogens (tertiary/aromatic N) is 9. The van der Waals surface area contributed by atoms with Gasteiger partial charge in [0.2, 0.25) is 0 Å². The van der Waals surface area contributed by atoms with Crippen LogP contribution in [0.4, 0.5) is 0 Å². The van der Waals surface area contributed by atoms with E-state index in [-0.39, 0.29) is 59.5 Å². The first kappa shape index (κ1) is 77.1. The van der Waals surface area contributed by atoms with E-state index in [2.05, 4.69) is 329 Å². The molecule has 0 aliphatic heterocycles. The lowest BCUT2D eigenvalue weighted by molar-refractivity contribution is 1.14. The monoisotopic (exact) mass is 1880 g/mol. The van der Waals surface area contributed by atoms with Crippen molar-refractivity contribution in [1.29, 1.82) is 0 Å². The lowest BCUT2D eigenvalue weighted by Crippen LogP contribution is -1.96. The van der Waals surface area contributed by atoms with Crippen LogP contribution in [-0.4, -0.2) is 43.6 Å². The molecule has 0 aliphatic carbocycles. The lowest BCUT2D eigenvalue weighted by Gasteiger charge is -2.14. The highest BCUT2D eigenvalue weighted by Crippen LogP contribution is 2.44. The number of hydrogen-bond donors (Lipinski definition) is 0. The molecule has 0 spiro atoms. The zero-order valence-corrected chi connectivity index (χ0v) is 79.3. The van der Waals surface area contributed by atoms with E-state index >= 15 is 0 Å². The third-order valence-corrected chi connectivity index (χ3v) is 27.4. The molecule has 0 bridgehead atoms. The summed E-state index contributed by atoms with van der Waals surface area (Å²) in [5.74, 6) is 0. The maximum atomic E-state index is 8.79. The molecule has 0 amide bonds. The van der Waals surface area contributed by atoms with Gasteiger partial charge < -0.3 is 0 Å². The van der Waals surface area contributed by atoms with E-state index in [1.165, 1.54) is 33.4 Å². The van der Waals surface area contributed by atoms with Gasteiger partial charge in [-0.2, -0.15) is 0 Å². The van der Waals surface area contributed by atoms with E-state index in [9.17, 15) is 0 Å². The summed E-state index contributed by atoms with van der Waals surface area (Å²) in [6.07, 6.45) is 0. The van der Waals surface area contributed by atoms with Crippen LogP contribution in [0.2, 0.25) is 0 Å². The number of para-hydroxylation sites is 6. The Hall–Kier alpha value is -19.7. The quantitative estimate of drug-likeness (QED) is 0.0957. The van der Waals surface area contributed by atoms with Gasteiger partial charge in [0.15, 0.2) is 16.9 Å². The smallest absolute Gasteiger partial charge is 0.165 e.